The summed E-state index contributed by atoms with van der Waals surface area (Å²) in [5.41, 5.74) is 5.35. The fourth-order valence-corrected chi connectivity index (χ4v) is 2.52. The fourth-order valence-electron chi connectivity index (χ4n) is 2.52. The van der Waals surface area contributed by atoms with E-state index in [1.165, 1.54) is 44.9 Å². The van der Waals surface area contributed by atoms with Crippen LogP contribution >= 0.6 is 12.4 Å². The summed E-state index contributed by atoms with van der Waals surface area (Å²) in [6.45, 7) is 0.845. The van der Waals surface area contributed by atoms with Crippen molar-refractivity contribution in [3.63, 3.8) is 0 Å². The van der Waals surface area contributed by atoms with Gasteiger partial charge in [0, 0.05) is 6.54 Å². The predicted octanol–water partition coefficient (Wildman–Crippen LogP) is 2.38. The average molecular weight is 261 g/mol. The van der Waals surface area contributed by atoms with Crippen molar-refractivity contribution in [2.45, 2.75) is 63.3 Å². The van der Waals surface area contributed by atoms with Gasteiger partial charge in [-0.1, -0.05) is 32.1 Å². The maximum Gasteiger partial charge on any atom is 0.240 e. The second-order valence-electron chi connectivity index (χ2n) is 5.58. The van der Waals surface area contributed by atoms with Crippen molar-refractivity contribution in [2.24, 2.45) is 11.7 Å². The van der Waals surface area contributed by atoms with Gasteiger partial charge >= 0.3 is 0 Å². The molecule has 0 heterocycles. The molecule has 2 aliphatic rings. The Bertz CT molecular complexity index is 246. The summed E-state index contributed by atoms with van der Waals surface area (Å²) in [6, 6.07) is 0. The molecule has 0 bridgehead atoms. The van der Waals surface area contributed by atoms with Crippen molar-refractivity contribution in [3.05, 3.63) is 0 Å². The Balaban J connectivity index is 0.00000144. The topological polar surface area (TPSA) is 55.1 Å². The third kappa shape index (κ3) is 4.47. The SMILES string of the molecule is Cl.NC1(C(=O)NCC2CCCCCCC2)CC1. The molecule has 0 saturated heterocycles. The molecule has 0 atom stereocenters. The lowest BCUT2D eigenvalue weighted by Gasteiger charge is -2.21. The molecular weight excluding hydrogens is 236 g/mol. The highest BCUT2D eigenvalue weighted by Crippen LogP contribution is 2.32. The first kappa shape index (κ1) is 14.8. The third-order valence-corrected chi connectivity index (χ3v) is 4.02. The maximum absolute atomic E-state index is 11.7. The van der Waals surface area contributed by atoms with Crippen LogP contribution in [0.3, 0.4) is 0 Å². The number of carbonyl (C=O) groups excluding carboxylic acids is 1. The zero-order valence-electron chi connectivity index (χ0n) is 10.5. The van der Waals surface area contributed by atoms with E-state index in [2.05, 4.69) is 5.32 Å². The van der Waals surface area contributed by atoms with Crippen molar-refractivity contribution in [3.8, 4) is 0 Å². The molecule has 0 spiro atoms. The largest absolute Gasteiger partial charge is 0.354 e. The van der Waals surface area contributed by atoms with Crippen LogP contribution in [0.5, 0.6) is 0 Å². The minimum absolute atomic E-state index is 0. The van der Waals surface area contributed by atoms with Crippen molar-refractivity contribution >= 4 is 18.3 Å². The van der Waals surface area contributed by atoms with E-state index in [-0.39, 0.29) is 18.3 Å². The Morgan fingerprint density at radius 1 is 1.12 bits per heavy atom. The highest BCUT2D eigenvalue weighted by atomic mass is 35.5. The summed E-state index contributed by atoms with van der Waals surface area (Å²) < 4.78 is 0. The van der Waals surface area contributed by atoms with Crippen LogP contribution in [0.2, 0.25) is 0 Å². The Morgan fingerprint density at radius 2 is 1.65 bits per heavy atom. The van der Waals surface area contributed by atoms with Crippen LogP contribution in [-0.2, 0) is 4.79 Å². The molecule has 0 aromatic heterocycles. The number of halogens is 1. The lowest BCUT2D eigenvalue weighted by Crippen LogP contribution is -2.44. The molecule has 0 aliphatic heterocycles. The first-order valence-corrected chi connectivity index (χ1v) is 6.78. The van der Waals surface area contributed by atoms with Crippen LogP contribution in [0.25, 0.3) is 0 Å². The van der Waals surface area contributed by atoms with Crippen molar-refractivity contribution in [1.29, 1.82) is 0 Å². The standard InChI is InChI=1S/C13H24N2O.ClH/c14-13(8-9-13)12(16)15-10-11-6-4-2-1-3-5-7-11;/h11H,1-10,14H2,(H,15,16);1H. The van der Waals surface area contributed by atoms with Gasteiger partial charge in [-0.3, -0.25) is 4.79 Å². The van der Waals surface area contributed by atoms with Gasteiger partial charge in [0.15, 0.2) is 0 Å². The molecular formula is C13H25ClN2O. The minimum Gasteiger partial charge on any atom is -0.354 e. The fraction of sp³-hybridized carbons (Fsp3) is 0.923. The van der Waals surface area contributed by atoms with Crippen LogP contribution in [0, 0.1) is 5.92 Å². The van der Waals surface area contributed by atoms with E-state index in [0.29, 0.717) is 5.92 Å². The maximum atomic E-state index is 11.7. The minimum atomic E-state index is -0.498. The first-order chi connectivity index (χ1) is 7.71. The first-order valence-electron chi connectivity index (χ1n) is 6.78. The monoisotopic (exact) mass is 260 g/mol. The van der Waals surface area contributed by atoms with Crippen LogP contribution in [0.15, 0.2) is 0 Å². The van der Waals surface area contributed by atoms with Gasteiger partial charge in [0.25, 0.3) is 0 Å². The molecule has 0 radical (unpaired) electrons. The number of hydrogen-bond acceptors (Lipinski definition) is 2. The molecule has 2 rings (SSSR count). The smallest absolute Gasteiger partial charge is 0.240 e. The van der Waals surface area contributed by atoms with E-state index in [9.17, 15) is 4.79 Å². The van der Waals surface area contributed by atoms with Gasteiger partial charge in [0.05, 0.1) is 5.54 Å². The molecule has 0 unspecified atom stereocenters. The second kappa shape index (κ2) is 6.60. The lowest BCUT2D eigenvalue weighted by molar-refractivity contribution is -0.123. The lowest BCUT2D eigenvalue weighted by atomic mass is 9.91. The Morgan fingerprint density at radius 3 is 2.18 bits per heavy atom. The van der Waals surface area contributed by atoms with E-state index in [1.54, 1.807) is 0 Å². The third-order valence-electron chi connectivity index (χ3n) is 4.02. The zero-order valence-corrected chi connectivity index (χ0v) is 11.4. The molecule has 3 N–H and O–H groups in total. The number of amides is 1. The molecule has 17 heavy (non-hydrogen) atoms. The molecule has 100 valence electrons. The highest BCUT2D eigenvalue weighted by molar-refractivity contribution is 5.88. The van der Waals surface area contributed by atoms with Gasteiger partial charge < -0.3 is 11.1 Å². The van der Waals surface area contributed by atoms with Crippen molar-refractivity contribution < 1.29 is 4.79 Å². The Hall–Kier alpha value is -0.280. The van der Waals surface area contributed by atoms with E-state index >= 15 is 0 Å². The molecule has 1 amide bonds. The number of carbonyl (C=O) groups is 1. The van der Waals surface area contributed by atoms with Gasteiger partial charge in [-0.15, -0.1) is 12.4 Å². The van der Waals surface area contributed by atoms with Crippen molar-refractivity contribution in [2.75, 3.05) is 6.54 Å². The predicted molar refractivity (Wildman–Crippen MR) is 72.2 cm³/mol. The Labute approximate surface area is 110 Å². The summed E-state index contributed by atoms with van der Waals surface area (Å²) in [7, 11) is 0. The number of rotatable bonds is 3. The summed E-state index contributed by atoms with van der Waals surface area (Å²) in [6.07, 6.45) is 11.1. The normalized spacial score (nSPS) is 24.1. The molecule has 3 nitrogen and oxygen atoms in total. The molecule has 2 fully saturated rings. The van der Waals surface area contributed by atoms with Gasteiger partial charge in [0.2, 0.25) is 5.91 Å². The van der Waals surface area contributed by atoms with E-state index < -0.39 is 5.54 Å². The second-order valence-corrected chi connectivity index (χ2v) is 5.58. The zero-order chi connectivity index (χ0) is 11.4. The quantitative estimate of drug-likeness (QED) is 0.819. The molecule has 0 aromatic rings. The molecule has 2 aliphatic carbocycles. The Kier molecular flexibility index (Phi) is 5.74. The molecule has 2 saturated carbocycles. The number of nitrogens with one attached hydrogen (secondary N) is 1. The summed E-state index contributed by atoms with van der Waals surface area (Å²) in [5, 5.41) is 3.04. The molecule has 0 aromatic carbocycles. The van der Waals surface area contributed by atoms with Gasteiger partial charge in [-0.2, -0.15) is 0 Å². The van der Waals surface area contributed by atoms with Crippen LogP contribution in [0.4, 0.5) is 0 Å². The van der Waals surface area contributed by atoms with Crippen molar-refractivity contribution in [1.82, 2.24) is 5.32 Å². The van der Waals surface area contributed by atoms with Crippen LogP contribution in [-0.4, -0.2) is 18.0 Å². The van der Waals surface area contributed by atoms with E-state index in [0.717, 1.165) is 19.4 Å². The summed E-state index contributed by atoms with van der Waals surface area (Å²) >= 11 is 0. The summed E-state index contributed by atoms with van der Waals surface area (Å²) in [5.74, 6) is 0.765. The van der Waals surface area contributed by atoms with E-state index in [1.807, 2.05) is 0 Å². The van der Waals surface area contributed by atoms with Gasteiger partial charge in [0.1, 0.15) is 0 Å². The highest BCUT2D eigenvalue weighted by Gasteiger charge is 2.45. The average Bonchev–Trinajstić information content (AvgIpc) is 2.96. The van der Waals surface area contributed by atoms with Crippen LogP contribution in [0.1, 0.15) is 57.8 Å². The number of hydrogen-bond donors (Lipinski definition) is 2. The number of nitrogens with two attached hydrogens (primary N) is 1. The van der Waals surface area contributed by atoms with Crippen LogP contribution < -0.4 is 11.1 Å². The van der Waals surface area contributed by atoms with Gasteiger partial charge in [-0.25, -0.2) is 0 Å². The summed E-state index contributed by atoms with van der Waals surface area (Å²) in [4.78, 5) is 11.7. The molecule has 4 heteroatoms. The van der Waals surface area contributed by atoms with Gasteiger partial charge in [-0.05, 0) is 31.6 Å². The van der Waals surface area contributed by atoms with E-state index in [4.69, 9.17) is 5.73 Å².